The molecular weight excluding hydrogens is 352 g/mol. The van der Waals surface area contributed by atoms with Gasteiger partial charge in [-0.3, -0.25) is 4.79 Å². The molecule has 1 heterocycles. The van der Waals surface area contributed by atoms with Gasteiger partial charge in [0.15, 0.2) is 0 Å². The van der Waals surface area contributed by atoms with Crippen molar-refractivity contribution in [3.05, 3.63) is 59.7 Å². The SMILES string of the molecule is CCCCCCOc1cccc(C2Nc3ccccc3C(=O)N2CCOC)c1. The van der Waals surface area contributed by atoms with Gasteiger partial charge >= 0.3 is 0 Å². The highest BCUT2D eigenvalue weighted by Crippen LogP contribution is 2.33. The topological polar surface area (TPSA) is 50.8 Å². The number of carbonyl (C=O) groups is 1. The maximum Gasteiger partial charge on any atom is 0.257 e. The van der Waals surface area contributed by atoms with Crippen LogP contribution >= 0.6 is 0 Å². The molecular formula is C23H30N2O3. The zero-order valence-electron chi connectivity index (χ0n) is 16.8. The van der Waals surface area contributed by atoms with Crippen LogP contribution in [-0.2, 0) is 4.74 Å². The predicted molar refractivity (Wildman–Crippen MR) is 112 cm³/mol. The maximum atomic E-state index is 13.1. The Morgan fingerprint density at radius 3 is 2.71 bits per heavy atom. The number of ether oxygens (including phenoxy) is 2. The van der Waals surface area contributed by atoms with E-state index >= 15 is 0 Å². The Hall–Kier alpha value is -2.53. The molecule has 0 saturated carbocycles. The van der Waals surface area contributed by atoms with Gasteiger partial charge in [0.05, 0.1) is 18.8 Å². The van der Waals surface area contributed by atoms with E-state index in [0.29, 0.717) is 18.7 Å². The van der Waals surface area contributed by atoms with E-state index in [2.05, 4.69) is 12.2 Å². The number of nitrogens with zero attached hydrogens (tertiary/aromatic N) is 1. The van der Waals surface area contributed by atoms with Crippen LogP contribution < -0.4 is 10.1 Å². The first-order chi connectivity index (χ1) is 13.7. The van der Waals surface area contributed by atoms with E-state index in [1.807, 2.05) is 53.4 Å². The van der Waals surface area contributed by atoms with Crippen LogP contribution in [-0.4, -0.2) is 37.7 Å². The highest BCUT2D eigenvalue weighted by molar-refractivity contribution is 6.01. The number of anilines is 1. The summed E-state index contributed by atoms with van der Waals surface area (Å²) in [6, 6.07) is 15.6. The van der Waals surface area contributed by atoms with Gasteiger partial charge in [-0.15, -0.1) is 0 Å². The van der Waals surface area contributed by atoms with Crippen LogP contribution in [0.5, 0.6) is 5.75 Å². The van der Waals surface area contributed by atoms with Gasteiger partial charge in [0.1, 0.15) is 11.9 Å². The van der Waals surface area contributed by atoms with Crippen molar-refractivity contribution in [3.63, 3.8) is 0 Å². The number of para-hydroxylation sites is 1. The number of hydrogen-bond acceptors (Lipinski definition) is 4. The molecule has 28 heavy (non-hydrogen) atoms. The van der Waals surface area contributed by atoms with Crippen LogP contribution in [0.4, 0.5) is 5.69 Å². The summed E-state index contributed by atoms with van der Waals surface area (Å²) in [5.41, 5.74) is 2.56. The second-order valence-electron chi connectivity index (χ2n) is 7.07. The Kier molecular flexibility index (Phi) is 7.31. The van der Waals surface area contributed by atoms with Crippen LogP contribution in [0.25, 0.3) is 0 Å². The third kappa shape index (κ3) is 4.84. The van der Waals surface area contributed by atoms with Gasteiger partial charge in [-0.25, -0.2) is 0 Å². The lowest BCUT2D eigenvalue weighted by atomic mass is 10.0. The number of nitrogens with one attached hydrogen (secondary N) is 1. The average Bonchev–Trinajstić information content (AvgIpc) is 2.73. The van der Waals surface area contributed by atoms with E-state index in [1.54, 1.807) is 7.11 Å². The van der Waals surface area contributed by atoms with E-state index in [-0.39, 0.29) is 12.1 Å². The van der Waals surface area contributed by atoms with E-state index in [4.69, 9.17) is 9.47 Å². The lowest BCUT2D eigenvalue weighted by molar-refractivity contribution is 0.0609. The molecule has 2 aromatic rings. The normalized spacial score (nSPS) is 15.9. The minimum atomic E-state index is -0.249. The minimum Gasteiger partial charge on any atom is -0.494 e. The highest BCUT2D eigenvalue weighted by Gasteiger charge is 2.32. The fraction of sp³-hybridized carbons (Fsp3) is 0.435. The van der Waals surface area contributed by atoms with Crippen molar-refractivity contribution >= 4 is 11.6 Å². The third-order valence-corrected chi connectivity index (χ3v) is 5.00. The fourth-order valence-electron chi connectivity index (χ4n) is 3.47. The third-order valence-electron chi connectivity index (χ3n) is 5.00. The predicted octanol–water partition coefficient (Wildman–Crippen LogP) is 4.86. The Balaban J connectivity index is 1.78. The first-order valence-corrected chi connectivity index (χ1v) is 10.1. The van der Waals surface area contributed by atoms with E-state index in [9.17, 15) is 4.79 Å². The van der Waals surface area contributed by atoms with Crippen molar-refractivity contribution in [2.75, 3.05) is 32.2 Å². The van der Waals surface area contributed by atoms with Crippen molar-refractivity contribution in [1.82, 2.24) is 4.90 Å². The van der Waals surface area contributed by atoms with Crippen LogP contribution in [0.15, 0.2) is 48.5 Å². The quantitative estimate of drug-likeness (QED) is 0.596. The van der Waals surface area contributed by atoms with Crippen molar-refractivity contribution in [2.24, 2.45) is 0 Å². The summed E-state index contributed by atoms with van der Waals surface area (Å²) in [7, 11) is 1.65. The first kappa shape index (κ1) is 20.2. The number of rotatable bonds is 10. The monoisotopic (exact) mass is 382 g/mol. The zero-order valence-corrected chi connectivity index (χ0v) is 16.8. The Labute approximate surface area is 167 Å². The number of amides is 1. The highest BCUT2D eigenvalue weighted by atomic mass is 16.5. The Morgan fingerprint density at radius 1 is 1.04 bits per heavy atom. The molecule has 0 radical (unpaired) electrons. The maximum absolute atomic E-state index is 13.1. The molecule has 1 aliphatic rings. The van der Waals surface area contributed by atoms with Crippen molar-refractivity contribution in [1.29, 1.82) is 0 Å². The molecule has 0 saturated heterocycles. The van der Waals surface area contributed by atoms with Gasteiger partial charge in [0, 0.05) is 19.3 Å². The fourth-order valence-corrected chi connectivity index (χ4v) is 3.47. The molecule has 5 heteroatoms. The van der Waals surface area contributed by atoms with Crippen molar-refractivity contribution in [2.45, 2.75) is 38.8 Å². The summed E-state index contributed by atoms with van der Waals surface area (Å²) in [6.07, 6.45) is 4.46. The molecule has 0 aliphatic carbocycles. The molecule has 3 rings (SSSR count). The second kappa shape index (κ2) is 10.1. The summed E-state index contributed by atoms with van der Waals surface area (Å²) in [4.78, 5) is 14.9. The van der Waals surface area contributed by atoms with Gasteiger partial charge in [0.2, 0.25) is 0 Å². The Bertz CT molecular complexity index is 778. The molecule has 2 aromatic carbocycles. The number of unbranched alkanes of at least 4 members (excludes halogenated alkanes) is 3. The number of benzene rings is 2. The number of fused-ring (bicyclic) bond motifs is 1. The summed E-state index contributed by atoms with van der Waals surface area (Å²) >= 11 is 0. The summed E-state index contributed by atoms with van der Waals surface area (Å²) in [5, 5.41) is 3.51. The first-order valence-electron chi connectivity index (χ1n) is 10.1. The van der Waals surface area contributed by atoms with E-state index in [1.165, 1.54) is 19.3 Å². The van der Waals surface area contributed by atoms with Gasteiger partial charge in [-0.1, -0.05) is 50.5 Å². The number of carbonyl (C=O) groups excluding carboxylic acids is 1. The smallest absolute Gasteiger partial charge is 0.257 e. The number of methoxy groups -OCH3 is 1. The Morgan fingerprint density at radius 2 is 1.89 bits per heavy atom. The summed E-state index contributed by atoms with van der Waals surface area (Å²) in [5.74, 6) is 0.857. The van der Waals surface area contributed by atoms with Crippen LogP contribution in [0.3, 0.4) is 0 Å². The van der Waals surface area contributed by atoms with Crippen LogP contribution in [0.2, 0.25) is 0 Å². The second-order valence-corrected chi connectivity index (χ2v) is 7.07. The number of hydrogen-bond donors (Lipinski definition) is 1. The molecule has 0 bridgehead atoms. The molecule has 1 unspecified atom stereocenters. The largest absolute Gasteiger partial charge is 0.494 e. The van der Waals surface area contributed by atoms with Gasteiger partial charge in [-0.2, -0.15) is 0 Å². The molecule has 150 valence electrons. The van der Waals surface area contributed by atoms with Crippen LogP contribution in [0.1, 0.15) is 54.7 Å². The summed E-state index contributed by atoms with van der Waals surface area (Å²) < 4.78 is 11.2. The standard InChI is InChI=1S/C23H30N2O3/c1-3-4-5-8-15-28-19-11-9-10-18(17-19)22-24-21-13-7-6-12-20(21)23(26)25(22)14-16-27-2/h6-7,9-13,17,22,24H,3-5,8,14-16H2,1-2H3. The minimum absolute atomic E-state index is 0.0160. The molecule has 0 spiro atoms. The average molecular weight is 383 g/mol. The molecule has 1 N–H and O–H groups in total. The molecule has 0 fully saturated rings. The van der Waals surface area contributed by atoms with Crippen LogP contribution in [0, 0.1) is 0 Å². The molecule has 1 aliphatic heterocycles. The molecule has 1 atom stereocenters. The summed E-state index contributed by atoms with van der Waals surface area (Å²) in [6.45, 7) is 3.93. The molecule has 5 nitrogen and oxygen atoms in total. The zero-order chi connectivity index (χ0) is 19.8. The van der Waals surface area contributed by atoms with E-state index in [0.717, 1.165) is 30.0 Å². The lowest BCUT2D eigenvalue weighted by Gasteiger charge is -2.38. The van der Waals surface area contributed by atoms with Crippen molar-refractivity contribution in [3.8, 4) is 5.75 Å². The molecule has 1 amide bonds. The lowest BCUT2D eigenvalue weighted by Crippen LogP contribution is -2.44. The van der Waals surface area contributed by atoms with Gasteiger partial charge in [0.25, 0.3) is 5.91 Å². The van der Waals surface area contributed by atoms with Gasteiger partial charge in [-0.05, 0) is 36.2 Å². The molecule has 0 aromatic heterocycles. The van der Waals surface area contributed by atoms with Crippen molar-refractivity contribution < 1.29 is 14.3 Å². The van der Waals surface area contributed by atoms with Gasteiger partial charge < -0.3 is 19.7 Å². The van der Waals surface area contributed by atoms with E-state index < -0.39 is 0 Å².